The van der Waals surface area contributed by atoms with Crippen molar-refractivity contribution in [2.45, 2.75) is 38.0 Å². The number of likely N-dealkylation sites (tertiary alicyclic amines) is 2. The molecule has 0 bridgehead atoms. The summed E-state index contributed by atoms with van der Waals surface area (Å²) in [5.41, 5.74) is 1.23. The normalized spacial score (nSPS) is 29.0. The second-order valence-corrected chi connectivity index (χ2v) is 7.51. The second kappa shape index (κ2) is 6.60. The highest BCUT2D eigenvalue weighted by atomic mass is 16.2. The maximum absolute atomic E-state index is 12.7. The van der Waals surface area contributed by atoms with Gasteiger partial charge in [-0.05, 0) is 68.7 Å². The van der Waals surface area contributed by atoms with Crippen LogP contribution in [0.25, 0.3) is 0 Å². The van der Waals surface area contributed by atoms with Crippen LogP contribution >= 0.6 is 0 Å². The molecule has 0 radical (unpaired) electrons. The molecule has 3 heterocycles. The average molecular weight is 313 g/mol. The van der Waals surface area contributed by atoms with Crippen LogP contribution < -0.4 is 0 Å². The van der Waals surface area contributed by atoms with Gasteiger partial charge in [-0.25, -0.2) is 0 Å². The van der Waals surface area contributed by atoms with Crippen LogP contribution in [0.15, 0.2) is 24.5 Å². The minimum atomic E-state index is 0.217. The van der Waals surface area contributed by atoms with E-state index in [-0.39, 0.29) is 5.92 Å². The molecule has 23 heavy (non-hydrogen) atoms. The maximum Gasteiger partial charge on any atom is 0.226 e. The molecule has 0 spiro atoms. The summed E-state index contributed by atoms with van der Waals surface area (Å²) in [5.74, 6) is 1.82. The highest BCUT2D eigenvalue weighted by Gasteiger charge is 2.46. The number of nitrogens with zero attached hydrogens (tertiary/aromatic N) is 3. The first-order valence-electron chi connectivity index (χ1n) is 9.22. The molecule has 2 atom stereocenters. The quantitative estimate of drug-likeness (QED) is 0.857. The van der Waals surface area contributed by atoms with E-state index in [1.807, 2.05) is 12.3 Å². The lowest BCUT2D eigenvalue weighted by Gasteiger charge is -2.34. The summed E-state index contributed by atoms with van der Waals surface area (Å²) in [7, 11) is 0. The molecule has 2 saturated heterocycles. The first-order valence-corrected chi connectivity index (χ1v) is 9.22. The smallest absolute Gasteiger partial charge is 0.226 e. The number of pyridine rings is 1. The molecule has 1 saturated carbocycles. The Morgan fingerprint density at radius 3 is 2.65 bits per heavy atom. The molecule has 0 aromatic carbocycles. The van der Waals surface area contributed by atoms with Crippen molar-refractivity contribution in [3.05, 3.63) is 30.1 Å². The molecule has 0 unspecified atom stereocenters. The number of carbonyl (C=O) groups excluding carboxylic acids is 1. The Labute approximate surface area is 138 Å². The molecule has 0 N–H and O–H groups in total. The van der Waals surface area contributed by atoms with E-state index in [2.05, 4.69) is 20.9 Å². The molecular formula is C19H27N3O. The van der Waals surface area contributed by atoms with E-state index in [1.54, 1.807) is 6.20 Å². The fourth-order valence-corrected chi connectivity index (χ4v) is 4.33. The van der Waals surface area contributed by atoms with Gasteiger partial charge in [0.2, 0.25) is 5.91 Å². The summed E-state index contributed by atoms with van der Waals surface area (Å²) in [4.78, 5) is 21.6. The number of amides is 1. The van der Waals surface area contributed by atoms with Crippen molar-refractivity contribution in [1.29, 1.82) is 0 Å². The lowest BCUT2D eigenvalue weighted by atomic mass is 9.96. The third kappa shape index (κ3) is 3.42. The molecule has 124 valence electrons. The van der Waals surface area contributed by atoms with Crippen molar-refractivity contribution >= 4 is 5.91 Å². The molecule has 4 nitrogen and oxygen atoms in total. The van der Waals surface area contributed by atoms with Gasteiger partial charge in [-0.2, -0.15) is 0 Å². The Kier molecular flexibility index (Phi) is 4.34. The molecular weight excluding hydrogens is 286 g/mol. The van der Waals surface area contributed by atoms with Crippen molar-refractivity contribution in [2.24, 2.45) is 11.8 Å². The minimum absolute atomic E-state index is 0.217. The highest BCUT2D eigenvalue weighted by Crippen LogP contribution is 2.48. The number of hydrogen-bond acceptors (Lipinski definition) is 3. The minimum Gasteiger partial charge on any atom is -0.342 e. The molecule has 3 fully saturated rings. The van der Waals surface area contributed by atoms with E-state index in [9.17, 15) is 4.79 Å². The van der Waals surface area contributed by atoms with Gasteiger partial charge in [0.25, 0.3) is 0 Å². The summed E-state index contributed by atoms with van der Waals surface area (Å²) in [5, 5.41) is 0. The van der Waals surface area contributed by atoms with Crippen molar-refractivity contribution in [2.75, 3.05) is 32.7 Å². The third-order valence-corrected chi connectivity index (χ3v) is 5.86. The zero-order chi connectivity index (χ0) is 15.6. The number of rotatable bonds is 4. The Hall–Kier alpha value is -1.42. The monoisotopic (exact) mass is 313 g/mol. The first kappa shape index (κ1) is 15.1. The molecule has 1 amide bonds. The topological polar surface area (TPSA) is 36.4 Å². The summed E-state index contributed by atoms with van der Waals surface area (Å²) >= 11 is 0. The van der Waals surface area contributed by atoms with E-state index in [0.29, 0.717) is 11.8 Å². The molecule has 1 aromatic rings. The predicted octanol–water partition coefficient (Wildman–Crippen LogP) is 2.52. The van der Waals surface area contributed by atoms with Crippen LogP contribution in [-0.2, 0) is 4.79 Å². The Bertz CT molecular complexity index is 533. The molecule has 3 aliphatic rings. The number of hydrogen-bond donors (Lipinski definition) is 0. The Balaban J connectivity index is 1.25. The number of carbonyl (C=O) groups is 1. The van der Waals surface area contributed by atoms with Gasteiger partial charge >= 0.3 is 0 Å². The molecule has 1 aliphatic carbocycles. The lowest BCUT2D eigenvalue weighted by Crippen LogP contribution is -2.42. The van der Waals surface area contributed by atoms with E-state index in [4.69, 9.17) is 0 Å². The van der Waals surface area contributed by atoms with Gasteiger partial charge in [0.1, 0.15) is 0 Å². The SMILES string of the molecule is O=C([C@H]1C[C@@H]1c1cccnc1)N1CCC(CN2CCCC2)CC1. The van der Waals surface area contributed by atoms with E-state index < -0.39 is 0 Å². The van der Waals surface area contributed by atoms with Crippen LogP contribution in [0, 0.1) is 11.8 Å². The van der Waals surface area contributed by atoms with Crippen molar-refractivity contribution < 1.29 is 4.79 Å². The van der Waals surface area contributed by atoms with Gasteiger partial charge in [0.05, 0.1) is 0 Å². The molecule has 4 rings (SSSR count). The zero-order valence-corrected chi connectivity index (χ0v) is 13.9. The first-order chi connectivity index (χ1) is 11.3. The zero-order valence-electron chi connectivity index (χ0n) is 13.9. The summed E-state index contributed by atoms with van der Waals surface area (Å²) in [6.45, 7) is 5.76. The van der Waals surface area contributed by atoms with Crippen LogP contribution in [0.4, 0.5) is 0 Å². The molecule has 4 heteroatoms. The van der Waals surface area contributed by atoms with Crippen LogP contribution in [0.3, 0.4) is 0 Å². The lowest BCUT2D eigenvalue weighted by molar-refractivity contribution is -0.134. The standard InChI is InChI=1S/C19H27N3O/c23-19(18-12-17(18)16-4-3-7-20-13-16)22-10-5-15(6-11-22)14-21-8-1-2-9-21/h3-4,7,13,15,17-18H,1-2,5-6,8-12,14H2/t17-,18+/m1/s1. The molecule has 2 aliphatic heterocycles. The van der Waals surface area contributed by atoms with Gasteiger partial charge in [-0.3, -0.25) is 9.78 Å². The van der Waals surface area contributed by atoms with Gasteiger partial charge in [-0.1, -0.05) is 6.07 Å². The molecule has 1 aromatic heterocycles. The van der Waals surface area contributed by atoms with Crippen LogP contribution in [-0.4, -0.2) is 53.4 Å². The fraction of sp³-hybridized carbons (Fsp3) is 0.684. The number of aromatic nitrogens is 1. The Morgan fingerprint density at radius 1 is 1.17 bits per heavy atom. The Morgan fingerprint density at radius 2 is 1.96 bits per heavy atom. The summed E-state index contributed by atoms with van der Waals surface area (Å²) in [6.07, 6.45) is 9.84. The second-order valence-electron chi connectivity index (χ2n) is 7.51. The summed E-state index contributed by atoms with van der Waals surface area (Å²) in [6, 6.07) is 4.08. The van der Waals surface area contributed by atoms with Gasteiger partial charge in [0.15, 0.2) is 0 Å². The maximum atomic E-state index is 12.7. The fourth-order valence-electron chi connectivity index (χ4n) is 4.33. The highest BCUT2D eigenvalue weighted by molar-refractivity contribution is 5.83. The van der Waals surface area contributed by atoms with Crippen molar-refractivity contribution in [3.63, 3.8) is 0 Å². The van der Waals surface area contributed by atoms with Crippen LogP contribution in [0.1, 0.15) is 43.6 Å². The third-order valence-electron chi connectivity index (χ3n) is 5.86. The average Bonchev–Trinajstić information content (AvgIpc) is 3.25. The van der Waals surface area contributed by atoms with Crippen molar-refractivity contribution in [3.8, 4) is 0 Å². The van der Waals surface area contributed by atoms with Gasteiger partial charge in [-0.15, -0.1) is 0 Å². The van der Waals surface area contributed by atoms with Crippen LogP contribution in [0.2, 0.25) is 0 Å². The largest absolute Gasteiger partial charge is 0.342 e. The summed E-state index contributed by atoms with van der Waals surface area (Å²) < 4.78 is 0. The van der Waals surface area contributed by atoms with Crippen LogP contribution in [0.5, 0.6) is 0 Å². The number of piperidine rings is 1. The van der Waals surface area contributed by atoms with Gasteiger partial charge < -0.3 is 9.80 Å². The van der Waals surface area contributed by atoms with E-state index >= 15 is 0 Å². The van der Waals surface area contributed by atoms with Gasteiger partial charge in [0, 0.05) is 37.9 Å². The van der Waals surface area contributed by atoms with E-state index in [0.717, 1.165) is 25.4 Å². The predicted molar refractivity (Wildman–Crippen MR) is 90.1 cm³/mol. The van der Waals surface area contributed by atoms with E-state index in [1.165, 1.54) is 50.9 Å². The van der Waals surface area contributed by atoms with Crippen molar-refractivity contribution in [1.82, 2.24) is 14.8 Å².